The van der Waals surface area contributed by atoms with E-state index in [1.807, 2.05) is 13.8 Å². The smallest absolute Gasteiger partial charge is 0.323 e. The summed E-state index contributed by atoms with van der Waals surface area (Å²) >= 11 is 0. The van der Waals surface area contributed by atoms with Gasteiger partial charge in [0.25, 0.3) is 5.91 Å². The molecule has 3 aromatic rings. The number of ether oxygens (including phenoxy) is 5. The van der Waals surface area contributed by atoms with Crippen molar-refractivity contribution in [2.24, 2.45) is 5.92 Å². The first-order valence-corrected chi connectivity index (χ1v) is 18.8. The van der Waals surface area contributed by atoms with Gasteiger partial charge in [0.1, 0.15) is 11.5 Å². The third kappa shape index (κ3) is 9.45. The molecule has 0 fully saturated rings. The summed E-state index contributed by atoms with van der Waals surface area (Å²) in [6.45, 7) is 5.90. The first kappa shape index (κ1) is 38.7. The molecule has 0 radical (unpaired) electrons. The standard InChI is InChI=1S/C37H48N4O10S/c1-24-20-41(25(2)22-42)36(43)31-18-27(38-37(44)39-28-10-16-33-34(19-28)50-23-49-33)9-15-32(31)51-26(3)8-6-7-17-48-35(24)21-40(4)52(45,46)30-13-11-29(47-5)12-14-30/h9-16,18-19,24-26,35,42H,6-8,17,20-23H2,1-5H3,(H2,38,39,44)/t24-,25+,26+,35-/m0/s1. The van der Waals surface area contributed by atoms with E-state index in [0.717, 1.165) is 12.8 Å². The van der Waals surface area contributed by atoms with E-state index < -0.39 is 34.1 Å². The number of methoxy groups -OCH3 is 1. The summed E-state index contributed by atoms with van der Waals surface area (Å²) in [4.78, 5) is 29.1. The van der Waals surface area contributed by atoms with Crippen molar-refractivity contribution in [1.82, 2.24) is 9.21 Å². The van der Waals surface area contributed by atoms with Crippen LogP contribution < -0.4 is 29.6 Å². The highest BCUT2D eigenvalue weighted by Crippen LogP contribution is 2.34. The van der Waals surface area contributed by atoms with Crippen LogP contribution in [0.2, 0.25) is 0 Å². The average molecular weight is 741 g/mol. The lowest BCUT2D eigenvalue weighted by Crippen LogP contribution is -2.48. The summed E-state index contributed by atoms with van der Waals surface area (Å²) in [5, 5.41) is 15.8. The number of carbonyl (C=O) groups is 2. The Hall–Kier alpha value is -4.57. The number of anilines is 2. The van der Waals surface area contributed by atoms with E-state index in [4.69, 9.17) is 23.7 Å². The number of hydrogen-bond donors (Lipinski definition) is 3. The third-order valence-electron chi connectivity index (χ3n) is 9.14. The van der Waals surface area contributed by atoms with Gasteiger partial charge in [-0.25, -0.2) is 13.2 Å². The van der Waals surface area contributed by atoms with Crippen LogP contribution in [-0.2, 0) is 14.8 Å². The number of sulfonamides is 1. The molecule has 3 N–H and O–H groups in total. The maximum Gasteiger partial charge on any atom is 0.323 e. The molecule has 14 nitrogen and oxygen atoms in total. The molecule has 0 spiro atoms. The van der Waals surface area contributed by atoms with E-state index in [9.17, 15) is 23.1 Å². The van der Waals surface area contributed by atoms with Crippen molar-refractivity contribution in [2.45, 2.75) is 63.2 Å². The Morgan fingerprint density at radius 3 is 2.37 bits per heavy atom. The Morgan fingerprint density at radius 1 is 1.00 bits per heavy atom. The van der Waals surface area contributed by atoms with Crippen LogP contribution in [0.4, 0.5) is 16.2 Å². The molecule has 0 aromatic heterocycles. The van der Waals surface area contributed by atoms with Crippen molar-refractivity contribution >= 4 is 33.3 Å². The number of aliphatic hydroxyl groups is 1. The average Bonchev–Trinajstić information content (AvgIpc) is 3.60. The molecule has 0 saturated carbocycles. The number of rotatable bonds is 9. The van der Waals surface area contributed by atoms with Crippen LogP contribution in [0.15, 0.2) is 65.6 Å². The van der Waals surface area contributed by atoms with Gasteiger partial charge in [-0.15, -0.1) is 0 Å². The molecular formula is C37H48N4O10S. The summed E-state index contributed by atoms with van der Waals surface area (Å²) in [7, 11) is -0.850. The molecule has 52 heavy (non-hydrogen) atoms. The summed E-state index contributed by atoms with van der Waals surface area (Å²) in [6.07, 6.45) is 1.34. The van der Waals surface area contributed by atoms with Crippen LogP contribution >= 0.6 is 0 Å². The molecule has 2 aliphatic heterocycles. The number of fused-ring (bicyclic) bond motifs is 2. The number of nitrogens with one attached hydrogen (secondary N) is 2. The van der Waals surface area contributed by atoms with Gasteiger partial charge in [-0.2, -0.15) is 4.31 Å². The maximum absolute atomic E-state index is 14.4. The van der Waals surface area contributed by atoms with Gasteiger partial charge in [-0.05, 0) is 87.7 Å². The summed E-state index contributed by atoms with van der Waals surface area (Å²) in [6, 6.07) is 14.9. The van der Waals surface area contributed by atoms with Gasteiger partial charge in [-0.1, -0.05) is 6.92 Å². The SMILES string of the molecule is COc1ccc(S(=O)(=O)N(C)C[C@@H]2OCCCC[C@@H](C)Oc3ccc(NC(=O)Nc4ccc5c(c4)OCO5)cc3C(=O)N([C@H](C)CO)C[C@@H]2C)cc1. The van der Waals surface area contributed by atoms with E-state index in [2.05, 4.69) is 10.6 Å². The minimum atomic E-state index is -3.87. The molecule has 0 saturated heterocycles. The highest BCUT2D eigenvalue weighted by molar-refractivity contribution is 7.89. The van der Waals surface area contributed by atoms with Crippen molar-refractivity contribution in [3.05, 3.63) is 66.2 Å². The lowest BCUT2D eigenvalue weighted by Gasteiger charge is -2.35. The molecule has 4 atom stereocenters. The lowest BCUT2D eigenvalue weighted by atomic mass is 10.0. The molecule has 3 aromatic carbocycles. The van der Waals surface area contributed by atoms with Crippen LogP contribution in [0, 0.1) is 5.92 Å². The van der Waals surface area contributed by atoms with E-state index >= 15 is 0 Å². The first-order chi connectivity index (χ1) is 24.9. The number of benzene rings is 3. The summed E-state index contributed by atoms with van der Waals surface area (Å²) in [5.74, 6) is 1.21. The van der Waals surface area contributed by atoms with Gasteiger partial charge in [0, 0.05) is 50.1 Å². The molecule has 2 aliphatic rings. The molecule has 0 aliphatic carbocycles. The number of amides is 3. The van der Waals surface area contributed by atoms with Crippen molar-refractivity contribution in [3.8, 4) is 23.0 Å². The monoisotopic (exact) mass is 740 g/mol. The zero-order valence-electron chi connectivity index (χ0n) is 30.2. The Balaban J connectivity index is 1.39. The van der Waals surface area contributed by atoms with E-state index in [1.54, 1.807) is 55.5 Å². The predicted octanol–water partition coefficient (Wildman–Crippen LogP) is 5.18. The minimum Gasteiger partial charge on any atom is -0.497 e. The highest BCUT2D eigenvalue weighted by atomic mass is 32.2. The van der Waals surface area contributed by atoms with Gasteiger partial charge in [0.2, 0.25) is 16.8 Å². The normalized spacial score (nSPS) is 20.3. The molecule has 282 valence electrons. The van der Waals surface area contributed by atoms with Crippen LogP contribution in [0.25, 0.3) is 0 Å². The fourth-order valence-corrected chi connectivity index (χ4v) is 7.19. The first-order valence-electron chi connectivity index (χ1n) is 17.3. The predicted molar refractivity (Wildman–Crippen MR) is 195 cm³/mol. The van der Waals surface area contributed by atoms with Crippen molar-refractivity contribution in [1.29, 1.82) is 0 Å². The Kier molecular flexibility index (Phi) is 12.9. The zero-order valence-corrected chi connectivity index (χ0v) is 31.0. The number of urea groups is 1. The Bertz CT molecular complexity index is 1810. The van der Waals surface area contributed by atoms with Crippen LogP contribution in [0.1, 0.15) is 50.4 Å². The quantitative estimate of drug-likeness (QED) is 0.266. The second kappa shape index (κ2) is 17.3. The van der Waals surface area contributed by atoms with Gasteiger partial charge < -0.3 is 44.3 Å². The number of likely N-dealkylation sites (N-methyl/N-ethyl adjacent to an activating group) is 1. The molecule has 0 unspecified atom stereocenters. The van der Waals surface area contributed by atoms with E-state index in [0.29, 0.717) is 47.4 Å². The largest absolute Gasteiger partial charge is 0.497 e. The number of hydrogen-bond acceptors (Lipinski definition) is 10. The second-order valence-electron chi connectivity index (χ2n) is 13.1. The molecule has 3 amide bonds. The topological polar surface area (TPSA) is 165 Å². The second-order valence-corrected chi connectivity index (χ2v) is 15.2. The molecule has 0 bridgehead atoms. The maximum atomic E-state index is 14.4. The third-order valence-corrected chi connectivity index (χ3v) is 11.0. The summed E-state index contributed by atoms with van der Waals surface area (Å²) in [5.41, 5.74) is 1.04. The summed E-state index contributed by atoms with van der Waals surface area (Å²) < 4.78 is 56.9. The van der Waals surface area contributed by atoms with Crippen molar-refractivity contribution in [2.75, 3.05) is 57.9 Å². The Labute approximate surface area is 305 Å². The van der Waals surface area contributed by atoms with Gasteiger partial charge in [0.15, 0.2) is 11.5 Å². The lowest BCUT2D eigenvalue weighted by molar-refractivity contribution is -0.00834. The molecule has 15 heteroatoms. The van der Waals surface area contributed by atoms with Crippen LogP contribution in [-0.4, -0.2) is 100 Å². The molecule has 5 rings (SSSR count). The van der Waals surface area contributed by atoms with Gasteiger partial charge in [-0.3, -0.25) is 4.79 Å². The molecule has 2 heterocycles. The number of aliphatic hydroxyl groups excluding tert-OH is 1. The van der Waals surface area contributed by atoms with Crippen LogP contribution in [0.5, 0.6) is 23.0 Å². The van der Waals surface area contributed by atoms with Crippen LogP contribution in [0.3, 0.4) is 0 Å². The molecular weight excluding hydrogens is 692 g/mol. The fraction of sp³-hybridized carbons (Fsp3) is 0.459. The minimum absolute atomic E-state index is 0.0354. The fourth-order valence-electron chi connectivity index (χ4n) is 6.01. The zero-order chi connectivity index (χ0) is 37.4. The van der Waals surface area contributed by atoms with E-state index in [1.165, 1.54) is 35.5 Å². The number of carbonyl (C=O) groups excluding carboxylic acids is 2. The van der Waals surface area contributed by atoms with Crippen molar-refractivity contribution in [3.63, 3.8) is 0 Å². The Morgan fingerprint density at radius 2 is 1.67 bits per heavy atom. The number of nitrogens with zero attached hydrogens (tertiary/aromatic N) is 2. The van der Waals surface area contributed by atoms with Gasteiger partial charge >= 0.3 is 6.03 Å². The van der Waals surface area contributed by atoms with Gasteiger partial charge in [0.05, 0.1) is 42.4 Å². The van der Waals surface area contributed by atoms with Crippen molar-refractivity contribution < 1.29 is 46.8 Å². The highest BCUT2D eigenvalue weighted by Gasteiger charge is 2.32. The van der Waals surface area contributed by atoms with E-state index in [-0.39, 0.29) is 49.0 Å².